The van der Waals surface area contributed by atoms with Crippen LogP contribution < -0.4 is 5.73 Å². The van der Waals surface area contributed by atoms with Gasteiger partial charge in [0, 0.05) is 31.2 Å². The molecule has 3 rings (SSSR count). The van der Waals surface area contributed by atoms with Gasteiger partial charge in [0.1, 0.15) is 0 Å². The van der Waals surface area contributed by atoms with E-state index in [-0.39, 0.29) is 0 Å². The molecule has 0 bridgehead atoms. The maximum atomic E-state index is 6.28. The lowest BCUT2D eigenvalue weighted by molar-refractivity contribution is 0.0546. The van der Waals surface area contributed by atoms with E-state index in [1.165, 1.54) is 84.0 Å². The SMILES string of the molecule is CCCC1CCC(CN)(N2CCC(N3CCCC3)C2)CC1. The van der Waals surface area contributed by atoms with Crippen molar-refractivity contribution in [2.24, 2.45) is 11.7 Å². The molecule has 3 fully saturated rings. The molecule has 3 nitrogen and oxygen atoms in total. The van der Waals surface area contributed by atoms with E-state index in [2.05, 4.69) is 16.7 Å². The van der Waals surface area contributed by atoms with Gasteiger partial charge in [-0.2, -0.15) is 0 Å². The van der Waals surface area contributed by atoms with Crippen molar-refractivity contribution >= 4 is 0 Å². The highest BCUT2D eigenvalue weighted by Gasteiger charge is 2.43. The van der Waals surface area contributed by atoms with Crippen LogP contribution in [0.4, 0.5) is 0 Å². The van der Waals surface area contributed by atoms with Crippen LogP contribution in [0.1, 0.15) is 64.7 Å². The predicted octanol–water partition coefficient (Wildman–Crippen LogP) is 2.84. The Hall–Kier alpha value is -0.120. The van der Waals surface area contributed by atoms with Gasteiger partial charge in [0.2, 0.25) is 0 Å². The lowest BCUT2D eigenvalue weighted by atomic mass is 9.74. The minimum atomic E-state index is 0.346. The smallest absolute Gasteiger partial charge is 0.0332 e. The molecule has 3 heteroatoms. The van der Waals surface area contributed by atoms with Crippen LogP contribution in [0.15, 0.2) is 0 Å². The maximum absolute atomic E-state index is 6.28. The van der Waals surface area contributed by atoms with Gasteiger partial charge in [-0.15, -0.1) is 0 Å². The molecule has 21 heavy (non-hydrogen) atoms. The molecule has 0 radical (unpaired) electrons. The first kappa shape index (κ1) is 15.8. The molecule has 2 aliphatic heterocycles. The number of nitrogens with two attached hydrogens (primary N) is 1. The second kappa shape index (κ2) is 6.97. The number of hydrogen-bond acceptors (Lipinski definition) is 3. The van der Waals surface area contributed by atoms with Crippen LogP contribution in [0.3, 0.4) is 0 Å². The largest absolute Gasteiger partial charge is 0.329 e. The molecule has 2 heterocycles. The topological polar surface area (TPSA) is 32.5 Å². The Labute approximate surface area is 131 Å². The van der Waals surface area contributed by atoms with Gasteiger partial charge < -0.3 is 5.73 Å². The predicted molar refractivity (Wildman–Crippen MR) is 89.4 cm³/mol. The van der Waals surface area contributed by atoms with Crippen molar-refractivity contribution in [1.29, 1.82) is 0 Å². The Morgan fingerprint density at radius 1 is 1.05 bits per heavy atom. The van der Waals surface area contributed by atoms with E-state index in [9.17, 15) is 0 Å². The Morgan fingerprint density at radius 2 is 1.76 bits per heavy atom. The first-order chi connectivity index (χ1) is 10.3. The van der Waals surface area contributed by atoms with Gasteiger partial charge in [-0.05, 0) is 64.0 Å². The van der Waals surface area contributed by atoms with Gasteiger partial charge in [-0.1, -0.05) is 19.8 Å². The van der Waals surface area contributed by atoms with Crippen molar-refractivity contribution in [3.8, 4) is 0 Å². The average Bonchev–Trinajstić information content (AvgIpc) is 3.20. The molecule has 0 aromatic carbocycles. The lowest BCUT2D eigenvalue weighted by Crippen LogP contribution is -2.55. The molecule has 0 spiro atoms. The Morgan fingerprint density at radius 3 is 2.38 bits per heavy atom. The summed E-state index contributed by atoms with van der Waals surface area (Å²) in [5, 5.41) is 0. The third kappa shape index (κ3) is 3.30. The molecular formula is C18H35N3. The third-order valence-corrected chi connectivity index (χ3v) is 6.60. The minimum Gasteiger partial charge on any atom is -0.329 e. The van der Waals surface area contributed by atoms with Crippen LogP contribution in [0.5, 0.6) is 0 Å². The summed E-state index contributed by atoms with van der Waals surface area (Å²) in [5.74, 6) is 0.978. The first-order valence-electron chi connectivity index (χ1n) is 9.46. The molecular weight excluding hydrogens is 258 g/mol. The monoisotopic (exact) mass is 293 g/mol. The van der Waals surface area contributed by atoms with Crippen LogP contribution in [0.25, 0.3) is 0 Å². The zero-order valence-corrected chi connectivity index (χ0v) is 14.0. The van der Waals surface area contributed by atoms with E-state index in [1.54, 1.807) is 0 Å². The molecule has 1 saturated carbocycles. The zero-order valence-electron chi connectivity index (χ0n) is 14.0. The summed E-state index contributed by atoms with van der Waals surface area (Å²) in [7, 11) is 0. The van der Waals surface area contributed by atoms with Crippen molar-refractivity contribution in [1.82, 2.24) is 9.80 Å². The van der Waals surface area contributed by atoms with Crippen molar-refractivity contribution in [2.75, 3.05) is 32.7 Å². The Balaban J connectivity index is 1.57. The summed E-state index contributed by atoms with van der Waals surface area (Å²) in [6.45, 7) is 8.45. The summed E-state index contributed by atoms with van der Waals surface area (Å²) >= 11 is 0. The van der Waals surface area contributed by atoms with Crippen molar-refractivity contribution in [2.45, 2.75) is 76.3 Å². The van der Waals surface area contributed by atoms with Crippen LogP contribution in [0.2, 0.25) is 0 Å². The fourth-order valence-corrected chi connectivity index (χ4v) is 5.14. The van der Waals surface area contributed by atoms with E-state index < -0.39 is 0 Å². The van der Waals surface area contributed by atoms with Crippen molar-refractivity contribution < 1.29 is 0 Å². The highest BCUT2D eigenvalue weighted by Crippen LogP contribution is 2.39. The van der Waals surface area contributed by atoms with Crippen LogP contribution in [-0.2, 0) is 0 Å². The molecule has 1 unspecified atom stereocenters. The molecule has 2 saturated heterocycles. The molecule has 2 N–H and O–H groups in total. The second-order valence-electron chi connectivity index (χ2n) is 7.79. The minimum absolute atomic E-state index is 0.346. The average molecular weight is 293 g/mol. The number of hydrogen-bond donors (Lipinski definition) is 1. The molecule has 0 amide bonds. The standard InChI is InChI=1S/C18H35N3/c1-2-5-16-6-9-18(15-19,10-7-16)21-13-8-17(14-21)20-11-3-4-12-20/h16-17H,2-15,19H2,1H3. The van der Waals surface area contributed by atoms with Gasteiger partial charge in [0.05, 0.1) is 0 Å². The summed E-state index contributed by atoms with van der Waals surface area (Å²) < 4.78 is 0. The Bertz CT molecular complexity index is 316. The number of rotatable bonds is 5. The van der Waals surface area contributed by atoms with Crippen molar-refractivity contribution in [3.63, 3.8) is 0 Å². The molecule has 0 aromatic heterocycles. The van der Waals surface area contributed by atoms with Crippen LogP contribution in [-0.4, -0.2) is 54.1 Å². The number of nitrogens with zero attached hydrogens (tertiary/aromatic N) is 2. The summed E-state index contributed by atoms with van der Waals surface area (Å²) in [5.41, 5.74) is 6.63. The second-order valence-corrected chi connectivity index (χ2v) is 7.79. The van der Waals surface area contributed by atoms with Crippen LogP contribution in [0, 0.1) is 5.92 Å². The van der Waals surface area contributed by atoms with E-state index in [1.807, 2.05) is 0 Å². The molecule has 0 aromatic rings. The summed E-state index contributed by atoms with van der Waals surface area (Å²) in [4.78, 5) is 5.53. The summed E-state index contributed by atoms with van der Waals surface area (Å²) in [6.07, 6.45) is 12.5. The molecule has 1 aliphatic carbocycles. The van der Waals surface area contributed by atoms with E-state index in [0.29, 0.717) is 5.54 Å². The highest BCUT2D eigenvalue weighted by molar-refractivity contribution is 5.00. The normalized spacial score (nSPS) is 39.1. The van der Waals surface area contributed by atoms with Gasteiger partial charge in [-0.3, -0.25) is 9.80 Å². The van der Waals surface area contributed by atoms with Gasteiger partial charge >= 0.3 is 0 Å². The molecule has 3 aliphatic rings. The van der Waals surface area contributed by atoms with E-state index in [4.69, 9.17) is 5.73 Å². The van der Waals surface area contributed by atoms with Crippen LogP contribution >= 0.6 is 0 Å². The fourth-order valence-electron chi connectivity index (χ4n) is 5.14. The van der Waals surface area contributed by atoms with Gasteiger partial charge in [0.15, 0.2) is 0 Å². The first-order valence-corrected chi connectivity index (χ1v) is 9.46. The fraction of sp³-hybridized carbons (Fsp3) is 1.00. The van der Waals surface area contributed by atoms with Gasteiger partial charge in [0.25, 0.3) is 0 Å². The van der Waals surface area contributed by atoms with E-state index in [0.717, 1.165) is 18.5 Å². The molecule has 122 valence electrons. The third-order valence-electron chi connectivity index (χ3n) is 6.60. The van der Waals surface area contributed by atoms with Crippen molar-refractivity contribution in [3.05, 3.63) is 0 Å². The molecule has 1 atom stereocenters. The van der Waals surface area contributed by atoms with Gasteiger partial charge in [-0.25, -0.2) is 0 Å². The maximum Gasteiger partial charge on any atom is 0.0332 e. The Kier molecular flexibility index (Phi) is 5.23. The van der Waals surface area contributed by atoms with E-state index >= 15 is 0 Å². The quantitative estimate of drug-likeness (QED) is 0.846. The lowest BCUT2D eigenvalue weighted by Gasteiger charge is -2.46. The highest BCUT2D eigenvalue weighted by atomic mass is 15.3. The number of likely N-dealkylation sites (tertiary alicyclic amines) is 2. The zero-order chi connectivity index (χ0) is 14.7. The summed E-state index contributed by atoms with van der Waals surface area (Å²) in [6, 6.07) is 0.823.